The van der Waals surface area contributed by atoms with Crippen LogP contribution in [0.3, 0.4) is 0 Å². The summed E-state index contributed by atoms with van der Waals surface area (Å²) in [6.45, 7) is 0. The zero-order valence-corrected chi connectivity index (χ0v) is 22.7. The zero-order valence-electron chi connectivity index (χ0n) is 19.4. The van der Waals surface area contributed by atoms with Crippen LogP contribution in [0, 0.1) is 0 Å². The molecule has 0 radical (unpaired) electrons. The van der Waals surface area contributed by atoms with E-state index in [1.165, 1.54) is 52.3 Å². The quantitative estimate of drug-likeness (QED) is 0.105. The number of carbonyl (C=O) groups is 4. The molecule has 4 heterocycles. The van der Waals surface area contributed by atoms with Crippen molar-refractivity contribution in [3.8, 4) is 0 Å². The first-order valence-electron chi connectivity index (χ1n) is 10.9. The average Bonchev–Trinajstić information content (AvgIpc) is 3.55. The molecule has 5 rings (SSSR count). The Morgan fingerprint density at radius 3 is 2.89 bits per heavy atom. The summed E-state index contributed by atoms with van der Waals surface area (Å²) in [5.74, 6) is -1.70. The van der Waals surface area contributed by atoms with Crippen LogP contribution in [0.4, 0.5) is 5.13 Å². The number of hydrogen-bond donors (Lipinski definition) is 3. The van der Waals surface area contributed by atoms with E-state index in [1.54, 1.807) is 0 Å². The molecule has 12 nitrogen and oxygen atoms in total. The highest BCUT2D eigenvalue weighted by Crippen LogP contribution is 2.42. The standard InChI is InChI=1S/C22H18N6O6S4/c1-34-27-14(12-8-36-21(24-12)23-9-29)17(30)26-15-18(31)28-16(20(32)33)10(6-35-19(15)28)7-37-22-25-11-4-2-3-5-13(11)38-22/h2-5,8-9,15,19H,6-7H2,1H3,(H,26,30)(H,32,33)(H,23,24,29)/t15?,19-/m0/s1. The fourth-order valence-electron chi connectivity index (χ4n) is 3.86. The van der Waals surface area contributed by atoms with E-state index in [-0.39, 0.29) is 22.2 Å². The molecule has 38 heavy (non-hydrogen) atoms. The predicted octanol–water partition coefficient (Wildman–Crippen LogP) is 2.20. The van der Waals surface area contributed by atoms with E-state index in [2.05, 4.69) is 25.8 Å². The van der Waals surface area contributed by atoms with E-state index >= 15 is 0 Å². The number of aliphatic carboxylic acids is 1. The molecule has 0 bridgehead atoms. The summed E-state index contributed by atoms with van der Waals surface area (Å²) in [5, 5.41) is 19.8. The summed E-state index contributed by atoms with van der Waals surface area (Å²) in [4.78, 5) is 63.5. The van der Waals surface area contributed by atoms with Crippen molar-refractivity contribution < 1.29 is 29.1 Å². The molecule has 2 aromatic heterocycles. The molecule has 1 fully saturated rings. The predicted molar refractivity (Wildman–Crippen MR) is 145 cm³/mol. The number of para-hydroxylation sites is 1. The van der Waals surface area contributed by atoms with Crippen molar-refractivity contribution in [2.75, 3.05) is 23.9 Å². The molecular formula is C22H18N6O6S4. The third kappa shape index (κ3) is 4.99. The van der Waals surface area contributed by atoms with Crippen molar-refractivity contribution in [1.29, 1.82) is 0 Å². The molecule has 3 N–H and O–H groups in total. The molecular weight excluding hydrogens is 573 g/mol. The lowest BCUT2D eigenvalue weighted by Crippen LogP contribution is -2.71. The Balaban J connectivity index is 1.29. The van der Waals surface area contributed by atoms with Crippen LogP contribution in [-0.2, 0) is 24.0 Å². The summed E-state index contributed by atoms with van der Waals surface area (Å²) < 4.78 is 1.86. The largest absolute Gasteiger partial charge is 0.477 e. The molecule has 0 spiro atoms. The molecule has 0 aliphatic carbocycles. The minimum absolute atomic E-state index is 0.0623. The summed E-state index contributed by atoms with van der Waals surface area (Å²) in [6, 6.07) is 6.79. The first-order chi connectivity index (χ1) is 18.4. The molecule has 196 valence electrons. The molecule has 1 aromatic carbocycles. The fraction of sp³-hybridized carbons (Fsp3) is 0.227. The summed E-state index contributed by atoms with van der Waals surface area (Å²) >= 11 is 5.41. The van der Waals surface area contributed by atoms with Crippen molar-refractivity contribution in [3.63, 3.8) is 0 Å². The van der Waals surface area contributed by atoms with Gasteiger partial charge < -0.3 is 20.6 Å². The number of carbonyl (C=O) groups excluding carboxylic acids is 3. The van der Waals surface area contributed by atoms with E-state index in [0.717, 1.165) is 25.9 Å². The third-order valence-electron chi connectivity index (χ3n) is 5.51. The lowest BCUT2D eigenvalue weighted by Gasteiger charge is -2.49. The van der Waals surface area contributed by atoms with Gasteiger partial charge in [0.1, 0.15) is 29.9 Å². The number of nitrogens with one attached hydrogen (secondary N) is 2. The van der Waals surface area contributed by atoms with E-state index in [1.807, 2.05) is 24.3 Å². The Kier molecular flexibility index (Phi) is 7.64. The Morgan fingerprint density at radius 2 is 2.16 bits per heavy atom. The number of thiazole rings is 2. The number of fused-ring (bicyclic) bond motifs is 2. The smallest absolute Gasteiger partial charge is 0.352 e. The Bertz CT molecular complexity index is 1470. The maximum absolute atomic E-state index is 13.0. The van der Waals surface area contributed by atoms with Gasteiger partial charge in [0.15, 0.2) is 15.2 Å². The number of rotatable bonds is 10. The van der Waals surface area contributed by atoms with Gasteiger partial charge in [-0.25, -0.2) is 14.8 Å². The van der Waals surface area contributed by atoms with Gasteiger partial charge in [0.05, 0.1) is 10.2 Å². The number of carboxylic acids is 1. The van der Waals surface area contributed by atoms with Gasteiger partial charge in [-0.2, -0.15) is 0 Å². The average molecular weight is 591 g/mol. The highest BCUT2D eigenvalue weighted by atomic mass is 32.2. The van der Waals surface area contributed by atoms with Gasteiger partial charge in [-0.3, -0.25) is 19.3 Å². The van der Waals surface area contributed by atoms with Crippen LogP contribution in [0.1, 0.15) is 5.69 Å². The van der Waals surface area contributed by atoms with Crippen molar-refractivity contribution in [1.82, 2.24) is 20.2 Å². The molecule has 3 aromatic rings. The van der Waals surface area contributed by atoms with Crippen LogP contribution in [0.2, 0.25) is 0 Å². The summed E-state index contributed by atoms with van der Waals surface area (Å²) in [6.07, 6.45) is 0.455. The Morgan fingerprint density at radius 1 is 1.34 bits per heavy atom. The van der Waals surface area contributed by atoms with E-state index in [9.17, 15) is 24.3 Å². The fourth-order valence-corrected chi connectivity index (χ4v) is 8.07. The van der Waals surface area contributed by atoms with Crippen LogP contribution in [0.15, 0.2) is 50.4 Å². The van der Waals surface area contributed by atoms with Crippen molar-refractivity contribution in [3.05, 3.63) is 46.6 Å². The Labute approximate surface area is 231 Å². The number of oxime groups is 1. The molecule has 2 aliphatic rings. The van der Waals surface area contributed by atoms with Crippen LogP contribution in [0.5, 0.6) is 0 Å². The third-order valence-corrected chi connectivity index (χ3v) is 9.89. The van der Waals surface area contributed by atoms with Crippen LogP contribution >= 0.6 is 46.2 Å². The second kappa shape index (κ2) is 11.1. The monoisotopic (exact) mass is 590 g/mol. The maximum Gasteiger partial charge on any atom is 0.352 e. The van der Waals surface area contributed by atoms with Gasteiger partial charge in [-0.15, -0.1) is 34.4 Å². The highest BCUT2D eigenvalue weighted by molar-refractivity contribution is 8.02. The molecule has 0 saturated carbocycles. The first kappa shape index (κ1) is 26.1. The molecule has 2 aliphatic heterocycles. The Hall–Kier alpha value is -3.47. The topological polar surface area (TPSA) is 163 Å². The SMILES string of the molecule is CON=C(C(=O)NC1C(=O)N2C(C(=O)O)=C(CSc3nc4ccccc4s3)CS[C@@H]12)c1csc(NC=O)n1. The second-order valence-electron chi connectivity index (χ2n) is 7.78. The number of hydrogen-bond acceptors (Lipinski definition) is 12. The van der Waals surface area contributed by atoms with Crippen molar-refractivity contribution in [2.45, 2.75) is 15.8 Å². The van der Waals surface area contributed by atoms with Gasteiger partial charge in [-0.1, -0.05) is 29.1 Å². The van der Waals surface area contributed by atoms with Crippen LogP contribution < -0.4 is 10.6 Å². The number of carboxylic acid groups (broad SMARTS) is 1. The van der Waals surface area contributed by atoms with Gasteiger partial charge >= 0.3 is 5.97 Å². The van der Waals surface area contributed by atoms with E-state index < -0.39 is 29.2 Å². The van der Waals surface area contributed by atoms with Gasteiger partial charge in [0.2, 0.25) is 6.41 Å². The van der Waals surface area contributed by atoms with Crippen molar-refractivity contribution >= 4 is 91.5 Å². The normalized spacial score (nSPS) is 19.1. The van der Waals surface area contributed by atoms with Gasteiger partial charge in [-0.05, 0) is 17.7 Å². The number of aromatic nitrogens is 2. The molecule has 1 saturated heterocycles. The molecule has 2 atom stereocenters. The van der Waals surface area contributed by atoms with Crippen LogP contribution in [-0.4, -0.2) is 79.9 Å². The number of nitrogens with zero attached hydrogens (tertiary/aromatic N) is 4. The van der Waals surface area contributed by atoms with Crippen molar-refractivity contribution in [2.24, 2.45) is 5.16 Å². The molecule has 16 heteroatoms. The lowest BCUT2D eigenvalue weighted by atomic mass is 10.0. The number of anilines is 1. The van der Waals surface area contributed by atoms with E-state index in [0.29, 0.717) is 23.5 Å². The van der Waals surface area contributed by atoms with E-state index in [4.69, 9.17) is 4.84 Å². The maximum atomic E-state index is 13.0. The lowest BCUT2D eigenvalue weighted by molar-refractivity contribution is -0.150. The zero-order chi connectivity index (χ0) is 26.8. The summed E-state index contributed by atoms with van der Waals surface area (Å²) in [5.41, 5.74) is 1.40. The molecule has 3 amide bonds. The van der Waals surface area contributed by atoms with Gasteiger partial charge in [0.25, 0.3) is 11.8 Å². The number of thioether (sulfide) groups is 2. The number of β-lactam (4-membered cyclic amide) rings is 1. The minimum Gasteiger partial charge on any atom is -0.477 e. The van der Waals surface area contributed by atoms with Gasteiger partial charge in [0, 0.05) is 16.9 Å². The molecule has 1 unspecified atom stereocenters. The second-order valence-corrected chi connectivity index (χ2v) is 12.0. The summed E-state index contributed by atoms with van der Waals surface area (Å²) in [7, 11) is 1.26. The number of benzene rings is 1. The first-order valence-corrected chi connectivity index (χ1v) is 14.6. The number of amides is 3. The minimum atomic E-state index is -1.20. The highest BCUT2D eigenvalue weighted by Gasteiger charge is 2.54. The van der Waals surface area contributed by atoms with Crippen LogP contribution in [0.25, 0.3) is 10.2 Å².